The van der Waals surface area contributed by atoms with Crippen molar-refractivity contribution >= 4 is 17.3 Å². The number of rotatable bonds is 5. The van der Waals surface area contributed by atoms with Gasteiger partial charge in [-0.2, -0.15) is 0 Å². The van der Waals surface area contributed by atoms with Gasteiger partial charge in [0, 0.05) is 11.8 Å². The third-order valence-electron chi connectivity index (χ3n) is 2.42. The van der Waals surface area contributed by atoms with E-state index in [1.165, 1.54) is 0 Å². The minimum atomic E-state index is 0.570. The Morgan fingerprint density at radius 2 is 1.84 bits per heavy atom. The van der Waals surface area contributed by atoms with Crippen LogP contribution in [-0.4, -0.2) is 16.6 Å². The van der Waals surface area contributed by atoms with E-state index >= 15 is 0 Å². The normalized spacial score (nSPS) is 10.1. The van der Waals surface area contributed by atoms with E-state index in [1.54, 1.807) is 6.07 Å². The van der Waals surface area contributed by atoms with E-state index in [2.05, 4.69) is 20.7 Å². The van der Waals surface area contributed by atoms with Gasteiger partial charge in [0.15, 0.2) is 0 Å². The summed E-state index contributed by atoms with van der Waals surface area (Å²) in [5.41, 5.74) is 3.43. The van der Waals surface area contributed by atoms with Gasteiger partial charge in [0.2, 0.25) is 0 Å². The fourth-order valence-electron chi connectivity index (χ4n) is 1.65. The molecular weight excluding hydrogens is 242 g/mol. The lowest BCUT2D eigenvalue weighted by Gasteiger charge is -2.09. The molecule has 0 spiro atoms. The predicted molar refractivity (Wildman–Crippen MR) is 75.5 cm³/mol. The summed E-state index contributed by atoms with van der Waals surface area (Å²) in [6.45, 7) is 4.42. The molecule has 1 heterocycles. The Morgan fingerprint density at radius 3 is 2.47 bits per heavy atom. The molecule has 0 unspecified atom stereocenters. The maximum Gasteiger partial charge on any atom is 0.145 e. The number of hydrazine groups is 1. The summed E-state index contributed by atoms with van der Waals surface area (Å²) in [6.07, 6.45) is 0. The van der Waals surface area contributed by atoms with E-state index in [9.17, 15) is 0 Å². The molecule has 19 heavy (non-hydrogen) atoms. The summed E-state index contributed by atoms with van der Waals surface area (Å²) in [6, 6.07) is 9.41. The van der Waals surface area contributed by atoms with E-state index < -0.39 is 0 Å². The zero-order valence-electron chi connectivity index (χ0n) is 11.0. The van der Waals surface area contributed by atoms with Crippen LogP contribution in [0.15, 0.2) is 30.3 Å². The van der Waals surface area contributed by atoms with Gasteiger partial charge in [-0.15, -0.1) is 0 Å². The van der Waals surface area contributed by atoms with Crippen molar-refractivity contribution in [1.82, 2.24) is 9.97 Å². The summed E-state index contributed by atoms with van der Waals surface area (Å²) >= 11 is 0. The molecule has 0 fully saturated rings. The molecule has 4 N–H and O–H groups in total. The SMILES string of the molecule is CCOc1ccc(Nc2cc(NN)nc(C)n2)cc1. The zero-order chi connectivity index (χ0) is 13.7. The second-order valence-electron chi connectivity index (χ2n) is 3.91. The first-order valence-electron chi connectivity index (χ1n) is 6.03. The first-order chi connectivity index (χ1) is 9.21. The molecule has 6 heteroatoms. The van der Waals surface area contributed by atoms with E-state index in [1.807, 2.05) is 38.1 Å². The van der Waals surface area contributed by atoms with Gasteiger partial charge < -0.3 is 15.5 Å². The van der Waals surface area contributed by atoms with Crippen molar-refractivity contribution in [2.75, 3.05) is 17.3 Å². The second kappa shape index (κ2) is 6.01. The first-order valence-corrected chi connectivity index (χ1v) is 6.03. The molecule has 0 aliphatic heterocycles. The average Bonchev–Trinajstić information content (AvgIpc) is 2.40. The van der Waals surface area contributed by atoms with Crippen LogP contribution in [0.25, 0.3) is 0 Å². The van der Waals surface area contributed by atoms with Crippen molar-refractivity contribution in [3.63, 3.8) is 0 Å². The summed E-state index contributed by atoms with van der Waals surface area (Å²) in [4.78, 5) is 8.41. The molecule has 1 aromatic carbocycles. The molecule has 0 aliphatic rings. The number of aromatic nitrogens is 2. The van der Waals surface area contributed by atoms with Crippen LogP contribution in [-0.2, 0) is 0 Å². The van der Waals surface area contributed by atoms with Gasteiger partial charge in [-0.05, 0) is 38.1 Å². The second-order valence-corrected chi connectivity index (χ2v) is 3.91. The number of benzene rings is 1. The fourth-order valence-corrected chi connectivity index (χ4v) is 1.65. The van der Waals surface area contributed by atoms with Crippen LogP contribution in [0.5, 0.6) is 5.75 Å². The predicted octanol–water partition coefficient (Wildman–Crippen LogP) is 2.21. The Bertz CT molecular complexity index is 541. The monoisotopic (exact) mass is 259 g/mol. The Hall–Kier alpha value is -2.34. The number of nitrogen functional groups attached to an aromatic ring is 1. The summed E-state index contributed by atoms with van der Waals surface area (Å²) in [7, 11) is 0. The number of hydrogen-bond donors (Lipinski definition) is 3. The molecule has 0 aliphatic carbocycles. The highest BCUT2D eigenvalue weighted by molar-refractivity contribution is 5.59. The lowest BCUT2D eigenvalue weighted by Crippen LogP contribution is -2.10. The number of hydrogen-bond acceptors (Lipinski definition) is 6. The van der Waals surface area contributed by atoms with Gasteiger partial charge in [0.25, 0.3) is 0 Å². The molecule has 0 saturated heterocycles. The van der Waals surface area contributed by atoms with Crippen molar-refractivity contribution in [1.29, 1.82) is 0 Å². The maximum atomic E-state index is 5.39. The third-order valence-corrected chi connectivity index (χ3v) is 2.42. The Balaban J connectivity index is 2.14. The molecule has 2 aromatic rings. The highest BCUT2D eigenvalue weighted by Gasteiger charge is 2.01. The van der Waals surface area contributed by atoms with Crippen LogP contribution in [0.1, 0.15) is 12.7 Å². The average molecular weight is 259 g/mol. The van der Waals surface area contributed by atoms with Crippen molar-refractivity contribution in [2.24, 2.45) is 5.84 Å². The largest absolute Gasteiger partial charge is 0.494 e. The number of anilines is 3. The molecule has 0 atom stereocenters. The molecule has 1 aromatic heterocycles. The van der Waals surface area contributed by atoms with Gasteiger partial charge in [0.1, 0.15) is 23.2 Å². The standard InChI is InChI=1S/C13H17N5O/c1-3-19-11-6-4-10(5-7-11)17-12-8-13(18-14)16-9(2)15-12/h4-8H,3,14H2,1-2H3,(H2,15,16,17,18). The van der Waals surface area contributed by atoms with E-state index in [0.29, 0.717) is 24.1 Å². The van der Waals surface area contributed by atoms with Crippen LogP contribution < -0.4 is 21.3 Å². The molecule has 2 rings (SSSR count). The summed E-state index contributed by atoms with van der Waals surface area (Å²) < 4.78 is 5.39. The zero-order valence-corrected chi connectivity index (χ0v) is 11.0. The lowest BCUT2D eigenvalue weighted by molar-refractivity contribution is 0.340. The number of aryl methyl sites for hydroxylation is 1. The number of nitrogens with zero attached hydrogens (tertiary/aromatic N) is 2. The van der Waals surface area contributed by atoms with Gasteiger partial charge in [-0.3, -0.25) is 0 Å². The topological polar surface area (TPSA) is 85.1 Å². The third kappa shape index (κ3) is 3.56. The van der Waals surface area contributed by atoms with Gasteiger partial charge in [-0.25, -0.2) is 15.8 Å². The highest BCUT2D eigenvalue weighted by Crippen LogP contribution is 2.20. The Morgan fingerprint density at radius 1 is 1.16 bits per heavy atom. The van der Waals surface area contributed by atoms with Crippen LogP contribution >= 0.6 is 0 Å². The van der Waals surface area contributed by atoms with Crippen LogP contribution in [0.2, 0.25) is 0 Å². The molecule has 0 bridgehead atoms. The molecule has 6 nitrogen and oxygen atoms in total. The van der Waals surface area contributed by atoms with Crippen molar-refractivity contribution < 1.29 is 4.74 Å². The minimum absolute atomic E-state index is 0.570. The van der Waals surface area contributed by atoms with Crippen LogP contribution in [0.3, 0.4) is 0 Å². The molecule has 0 saturated carbocycles. The fraction of sp³-hybridized carbons (Fsp3) is 0.231. The number of nitrogens with one attached hydrogen (secondary N) is 2. The smallest absolute Gasteiger partial charge is 0.145 e. The molecular formula is C13H17N5O. The summed E-state index contributed by atoms with van der Waals surface area (Å²) in [5, 5.41) is 3.19. The quantitative estimate of drug-likeness (QED) is 0.564. The first kappa shape index (κ1) is 13.1. The van der Waals surface area contributed by atoms with E-state index in [4.69, 9.17) is 10.6 Å². The molecule has 100 valence electrons. The minimum Gasteiger partial charge on any atom is -0.494 e. The van der Waals surface area contributed by atoms with Crippen molar-refractivity contribution in [3.05, 3.63) is 36.2 Å². The maximum absolute atomic E-state index is 5.39. The van der Waals surface area contributed by atoms with Crippen LogP contribution in [0.4, 0.5) is 17.3 Å². The Kier molecular flexibility index (Phi) is 4.15. The highest BCUT2D eigenvalue weighted by atomic mass is 16.5. The molecule has 0 radical (unpaired) electrons. The van der Waals surface area contributed by atoms with Gasteiger partial charge >= 0.3 is 0 Å². The van der Waals surface area contributed by atoms with E-state index in [-0.39, 0.29) is 0 Å². The lowest BCUT2D eigenvalue weighted by atomic mass is 10.3. The molecule has 0 amide bonds. The van der Waals surface area contributed by atoms with Crippen molar-refractivity contribution in [2.45, 2.75) is 13.8 Å². The van der Waals surface area contributed by atoms with Crippen molar-refractivity contribution in [3.8, 4) is 5.75 Å². The van der Waals surface area contributed by atoms with E-state index in [0.717, 1.165) is 11.4 Å². The van der Waals surface area contributed by atoms with Gasteiger partial charge in [-0.1, -0.05) is 0 Å². The number of ether oxygens (including phenoxy) is 1. The van der Waals surface area contributed by atoms with Crippen LogP contribution in [0, 0.1) is 6.92 Å². The Labute approximate surface area is 112 Å². The van der Waals surface area contributed by atoms with Gasteiger partial charge in [0.05, 0.1) is 6.61 Å². The number of nitrogens with two attached hydrogens (primary N) is 1. The summed E-state index contributed by atoms with van der Waals surface area (Å²) in [5.74, 6) is 8.09.